The molecule has 0 radical (unpaired) electrons. The lowest BCUT2D eigenvalue weighted by Crippen LogP contribution is -1.82. The molecule has 0 aliphatic carbocycles. The van der Waals surface area contributed by atoms with E-state index in [-0.39, 0.29) is 0 Å². The maximum atomic E-state index is 8.96. The first-order chi connectivity index (χ1) is 7.80. The standard InChI is InChI=1S/C13H11N3/c1-3-9(4-2)13-15-11-7-5-6-10(8-14)12(11)16-13/h3-7H,1H2,2H3,(H,15,16). The van der Waals surface area contributed by atoms with E-state index in [2.05, 4.69) is 22.6 Å². The molecule has 0 saturated heterocycles. The number of aromatic nitrogens is 2. The molecular formula is C13H11N3. The summed E-state index contributed by atoms with van der Waals surface area (Å²) in [6, 6.07) is 7.64. The van der Waals surface area contributed by atoms with Crippen LogP contribution in [0.3, 0.4) is 0 Å². The third-order valence-corrected chi connectivity index (χ3v) is 2.44. The van der Waals surface area contributed by atoms with Crippen LogP contribution < -0.4 is 0 Å². The zero-order valence-electron chi connectivity index (χ0n) is 8.99. The van der Waals surface area contributed by atoms with Crippen molar-refractivity contribution >= 4 is 16.6 Å². The summed E-state index contributed by atoms with van der Waals surface area (Å²) in [6.07, 6.45) is 3.67. The lowest BCUT2D eigenvalue weighted by Gasteiger charge is -1.92. The molecule has 0 fully saturated rings. The number of hydrogen-bond donors (Lipinski definition) is 1. The lowest BCUT2D eigenvalue weighted by atomic mass is 10.2. The van der Waals surface area contributed by atoms with Crippen LogP contribution in [0.15, 0.2) is 36.9 Å². The molecule has 16 heavy (non-hydrogen) atoms. The number of benzene rings is 1. The lowest BCUT2D eigenvalue weighted by molar-refractivity contribution is 1.27. The van der Waals surface area contributed by atoms with Gasteiger partial charge >= 0.3 is 0 Å². The Labute approximate surface area is 93.7 Å². The summed E-state index contributed by atoms with van der Waals surface area (Å²) in [4.78, 5) is 7.58. The van der Waals surface area contributed by atoms with Crippen molar-refractivity contribution in [2.75, 3.05) is 0 Å². The Morgan fingerprint density at radius 2 is 2.38 bits per heavy atom. The number of nitrogens with one attached hydrogen (secondary N) is 1. The van der Waals surface area contributed by atoms with E-state index in [9.17, 15) is 0 Å². The highest BCUT2D eigenvalue weighted by Crippen LogP contribution is 2.20. The zero-order valence-corrected chi connectivity index (χ0v) is 8.99. The van der Waals surface area contributed by atoms with Gasteiger partial charge in [0.1, 0.15) is 17.4 Å². The van der Waals surface area contributed by atoms with Crippen LogP contribution >= 0.6 is 0 Å². The molecule has 78 valence electrons. The summed E-state index contributed by atoms with van der Waals surface area (Å²) in [5.41, 5.74) is 3.09. The number of para-hydroxylation sites is 1. The predicted octanol–water partition coefficient (Wildman–Crippen LogP) is 3.02. The number of H-pyrrole nitrogens is 1. The summed E-state index contributed by atoms with van der Waals surface area (Å²) < 4.78 is 0. The average Bonchev–Trinajstić information content (AvgIpc) is 2.73. The molecule has 0 bridgehead atoms. The van der Waals surface area contributed by atoms with Gasteiger partial charge in [-0.25, -0.2) is 4.98 Å². The van der Waals surface area contributed by atoms with Gasteiger partial charge in [-0.15, -0.1) is 0 Å². The molecule has 0 saturated carbocycles. The van der Waals surface area contributed by atoms with Gasteiger partial charge in [0.15, 0.2) is 0 Å². The number of allylic oxidation sites excluding steroid dienone is 3. The molecule has 2 rings (SSSR count). The highest BCUT2D eigenvalue weighted by molar-refractivity contribution is 5.85. The van der Waals surface area contributed by atoms with Crippen LogP contribution in [0.2, 0.25) is 0 Å². The van der Waals surface area contributed by atoms with Crippen LogP contribution in [0.1, 0.15) is 18.3 Å². The molecule has 0 amide bonds. The number of nitriles is 1. The minimum Gasteiger partial charge on any atom is -0.338 e. The largest absolute Gasteiger partial charge is 0.338 e. The molecule has 0 aliphatic heterocycles. The molecule has 3 nitrogen and oxygen atoms in total. The van der Waals surface area contributed by atoms with Crippen molar-refractivity contribution in [1.29, 1.82) is 5.26 Å². The minimum absolute atomic E-state index is 0.583. The highest BCUT2D eigenvalue weighted by Gasteiger charge is 2.07. The van der Waals surface area contributed by atoms with E-state index in [4.69, 9.17) is 5.26 Å². The van der Waals surface area contributed by atoms with Gasteiger partial charge in [-0.3, -0.25) is 0 Å². The molecule has 1 aromatic carbocycles. The SMILES string of the molecule is C=CC(=CC)c1nc2c(C#N)cccc2[nH]1. The van der Waals surface area contributed by atoms with Crippen molar-refractivity contribution in [3.05, 3.63) is 48.3 Å². The Kier molecular flexibility index (Phi) is 2.57. The van der Waals surface area contributed by atoms with Crippen molar-refractivity contribution < 1.29 is 0 Å². The molecule has 1 heterocycles. The third kappa shape index (κ3) is 1.51. The summed E-state index contributed by atoms with van der Waals surface area (Å²) in [7, 11) is 0. The maximum Gasteiger partial charge on any atom is 0.138 e. The van der Waals surface area contributed by atoms with Crippen LogP contribution in [-0.4, -0.2) is 9.97 Å². The van der Waals surface area contributed by atoms with E-state index in [1.54, 1.807) is 12.1 Å². The number of imidazole rings is 1. The molecule has 3 heteroatoms. The summed E-state index contributed by atoms with van der Waals surface area (Å²) in [5, 5.41) is 8.96. The van der Waals surface area contributed by atoms with Gasteiger partial charge < -0.3 is 4.98 Å². The maximum absolute atomic E-state index is 8.96. The molecule has 0 atom stereocenters. The fourth-order valence-electron chi connectivity index (χ4n) is 1.61. The molecular weight excluding hydrogens is 198 g/mol. The molecule has 1 aromatic heterocycles. The summed E-state index contributed by atoms with van der Waals surface area (Å²) in [6.45, 7) is 5.65. The molecule has 0 aliphatic rings. The van der Waals surface area contributed by atoms with Crippen molar-refractivity contribution in [2.45, 2.75) is 6.92 Å². The molecule has 1 N–H and O–H groups in total. The van der Waals surface area contributed by atoms with Crippen molar-refractivity contribution in [3.8, 4) is 6.07 Å². The first-order valence-electron chi connectivity index (χ1n) is 4.98. The Bertz CT molecular complexity index is 612. The van der Waals surface area contributed by atoms with Gasteiger partial charge in [0.05, 0.1) is 11.1 Å². The van der Waals surface area contributed by atoms with E-state index in [1.165, 1.54) is 0 Å². The van der Waals surface area contributed by atoms with Crippen LogP contribution in [0.4, 0.5) is 0 Å². The first kappa shape index (κ1) is 10.2. The number of aromatic amines is 1. The van der Waals surface area contributed by atoms with Crippen LogP contribution in [0.5, 0.6) is 0 Å². The van der Waals surface area contributed by atoms with Gasteiger partial charge in [0, 0.05) is 5.57 Å². The number of hydrogen-bond acceptors (Lipinski definition) is 2. The Balaban J connectivity index is 2.70. The number of fused-ring (bicyclic) bond motifs is 1. The van der Waals surface area contributed by atoms with Crippen molar-refractivity contribution in [2.24, 2.45) is 0 Å². The fraction of sp³-hybridized carbons (Fsp3) is 0.0769. The predicted molar refractivity (Wildman–Crippen MR) is 64.7 cm³/mol. The van der Waals surface area contributed by atoms with E-state index >= 15 is 0 Å². The second kappa shape index (κ2) is 4.03. The van der Waals surface area contributed by atoms with Gasteiger partial charge in [-0.05, 0) is 19.1 Å². The Morgan fingerprint density at radius 1 is 1.56 bits per heavy atom. The topological polar surface area (TPSA) is 52.5 Å². The van der Waals surface area contributed by atoms with Crippen molar-refractivity contribution in [3.63, 3.8) is 0 Å². The summed E-state index contributed by atoms with van der Waals surface area (Å²) in [5.74, 6) is 0.746. The Hall–Kier alpha value is -2.34. The smallest absolute Gasteiger partial charge is 0.138 e. The fourth-order valence-corrected chi connectivity index (χ4v) is 1.61. The second-order valence-electron chi connectivity index (χ2n) is 3.35. The van der Waals surface area contributed by atoms with Gasteiger partial charge in [0.25, 0.3) is 0 Å². The van der Waals surface area contributed by atoms with E-state index < -0.39 is 0 Å². The molecule has 2 aromatic rings. The normalized spacial score (nSPS) is 11.4. The monoisotopic (exact) mass is 209 g/mol. The quantitative estimate of drug-likeness (QED) is 0.773. The zero-order chi connectivity index (χ0) is 11.5. The van der Waals surface area contributed by atoms with E-state index in [1.807, 2.05) is 25.1 Å². The molecule has 0 unspecified atom stereocenters. The minimum atomic E-state index is 0.583. The number of nitrogens with zero attached hydrogens (tertiary/aromatic N) is 2. The van der Waals surface area contributed by atoms with Gasteiger partial charge in [-0.2, -0.15) is 5.26 Å². The average molecular weight is 209 g/mol. The van der Waals surface area contributed by atoms with Crippen LogP contribution in [-0.2, 0) is 0 Å². The summed E-state index contributed by atoms with van der Waals surface area (Å²) >= 11 is 0. The Morgan fingerprint density at radius 3 is 3.00 bits per heavy atom. The van der Waals surface area contributed by atoms with Gasteiger partial charge in [-0.1, -0.05) is 24.8 Å². The number of rotatable bonds is 2. The third-order valence-electron chi connectivity index (χ3n) is 2.44. The molecule has 0 spiro atoms. The van der Waals surface area contributed by atoms with E-state index in [0.29, 0.717) is 11.1 Å². The highest BCUT2D eigenvalue weighted by atomic mass is 14.9. The second-order valence-corrected chi connectivity index (χ2v) is 3.35. The van der Waals surface area contributed by atoms with E-state index in [0.717, 1.165) is 16.9 Å². The van der Waals surface area contributed by atoms with Crippen LogP contribution in [0.25, 0.3) is 16.6 Å². The van der Waals surface area contributed by atoms with Crippen molar-refractivity contribution in [1.82, 2.24) is 9.97 Å². The van der Waals surface area contributed by atoms with Gasteiger partial charge in [0.2, 0.25) is 0 Å². The first-order valence-corrected chi connectivity index (χ1v) is 4.98. The van der Waals surface area contributed by atoms with Crippen LogP contribution in [0, 0.1) is 11.3 Å².